The first-order valence-corrected chi connectivity index (χ1v) is 10.5. The van der Waals surface area contributed by atoms with Gasteiger partial charge in [0.2, 0.25) is 5.91 Å². The second-order valence-electron chi connectivity index (χ2n) is 6.24. The van der Waals surface area contributed by atoms with Crippen molar-refractivity contribution in [3.63, 3.8) is 0 Å². The van der Waals surface area contributed by atoms with E-state index in [1.54, 1.807) is 45.2 Å². The number of amides is 1. The van der Waals surface area contributed by atoms with Gasteiger partial charge in [-0.2, -0.15) is 0 Å². The van der Waals surface area contributed by atoms with Crippen LogP contribution < -0.4 is 4.74 Å². The molecule has 0 aromatic heterocycles. The molecule has 1 heterocycles. The highest BCUT2D eigenvalue weighted by molar-refractivity contribution is 9.10. The molecule has 0 N–H and O–H groups in total. The Labute approximate surface area is 182 Å². The van der Waals surface area contributed by atoms with Crippen molar-refractivity contribution < 1.29 is 28.6 Å². The van der Waals surface area contributed by atoms with Gasteiger partial charge in [-0.15, -0.1) is 11.8 Å². The molecule has 1 aromatic rings. The topological polar surface area (TPSA) is 82.1 Å². The normalized spacial score (nSPS) is 18.2. The molecule has 0 spiro atoms. The third-order valence-corrected chi connectivity index (χ3v) is 6.34. The van der Waals surface area contributed by atoms with Gasteiger partial charge in [0.15, 0.2) is 0 Å². The van der Waals surface area contributed by atoms with Crippen molar-refractivity contribution >= 4 is 45.5 Å². The minimum Gasteiger partial charge on any atom is -0.497 e. The summed E-state index contributed by atoms with van der Waals surface area (Å²) in [4.78, 5) is 37.3. The Morgan fingerprint density at radius 1 is 1.21 bits per heavy atom. The lowest BCUT2D eigenvalue weighted by Gasteiger charge is -2.44. The molecular weight excluding hydrogens is 462 g/mol. The number of halogens is 1. The number of carbonyl (C=O) groups is 3. The number of nitrogens with zero attached hydrogens (tertiary/aromatic N) is 1. The van der Waals surface area contributed by atoms with Crippen LogP contribution in [0, 0.1) is 0 Å². The molecule has 156 valence electrons. The van der Waals surface area contributed by atoms with Gasteiger partial charge >= 0.3 is 11.9 Å². The first-order valence-electron chi connectivity index (χ1n) is 8.64. The smallest absolute Gasteiger partial charge is 0.355 e. The van der Waals surface area contributed by atoms with Crippen molar-refractivity contribution in [1.29, 1.82) is 0 Å². The number of rotatable bonds is 8. The molecule has 0 aliphatic carbocycles. The third kappa shape index (κ3) is 5.63. The molecule has 29 heavy (non-hydrogen) atoms. The Morgan fingerprint density at radius 2 is 1.86 bits per heavy atom. The minimum atomic E-state index is -0.587. The van der Waals surface area contributed by atoms with Crippen molar-refractivity contribution in [2.75, 3.05) is 14.2 Å². The van der Waals surface area contributed by atoms with E-state index < -0.39 is 16.8 Å². The molecular formula is C20H22BrNO6S. The molecule has 1 saturated heterocycles. The van der Waals surface area contributed by atoms with Gasteiger partial charge in [-0.05, 0) is 42.5 Å². The molecule has 7 nitrogen and oxygen atoms in total. The average Bonchev–Trinajstić information content (AvgIpc) is 2.73. The number of esters is 2. The Hall–Kier alpha value is -2.26. The van der Waals surface area contributed by atoms with Gasteiger partial charge < -0.3 is 14.2 Å². The second-order valence-corrected chi connectivity index (χ2v) is 8.25. The van der Waals surface area contributed by atoms with Crippen LogP contribution in [0.4, 0.5) is 0 Å². The number of likely N-dealkylation sites (tertiary alicyclic amines) is 1. The van der Waals surface area contributed by atoms with Crippen LogP contribution in [0.25, 0.3) is 0 Å². The van der Waals surface area contributed by atoms with Crippen LogP contribution in [-0.2, 0) is 30.5 Å². The fourth-order valence-corrected chi connectivity index (χ4v) is 4.29. The zero-order chi connectivity index (χ0) is 21.6. The largest absolute Gasteiger partial charge is 0.497 e. The van der Waals surface area contributed by atoms with E-state index in [1.165, 1.54) is 35.3 Å². The fraction of sp³-hybridized carbons (Fsp3) is 0.350. The van der Waals surface area contributed by atoms with Crippen molar-refractivity contribution in [2.24, 2.45) is 0 Å². The number of alkyl halides is 1. The lowest BCUT2D eigenvalue weighted by Crippen LogP contribution is -2.60. The first-order chi connectivity index (χ1) is 13.8. The van der Waals surface area contributed by atoms with Gasteiger partial charge in [0.05, 0.1) is 14.2 Å². The molecule has 0 saturated carbocycles. The van der Waals surface area contributed by atoms with E-state index >= 15 is 0 Å². The third-order valence-electron chi connectivity index (χ3n) is 4.04. The summed E-state index contributed by atoms with van der Waals surface area (Å²) in [6.07, 6.45) is 1.26. The van der Waals surface area contributed by atoms with E-state index in [2.05, 4.69) is 20.7 Å². The first kappa shape index (κ1) is 23.0. The number of methoxy groups -OCH3 is 2. The Balaban J connectivity index is 2.09. The number of thioether (sulfide) groups is 1. The molecule has 2 unspecified atom stereocenters. The maximum Gasteiger partial charge on any atom is 0.355 e. The number of carbonyl (C=O) groups excluding carboxylic acids is 3. The molecule has 1 amide bonds. The zero-order valence-electron chi connectivity index (χ0n) is 16.5. The summed E-state index contributed by atoms with van der Waals surface area (Å²) in [7, 11) is 2.86. The second kappa shape index (κ2) is 10.5. The number of hydrogen-bond acceptors (Lipinski definition) is 7. The Morgan fingerprint density at radius 3 is 2.41 bits per heavy atom. The van der Waals surface area contributed by atoms with E-state index in [9.17, 15) is 14.4 Å². The van der Waals surface area contributed by atoms with Crippen LogP contribution in [0.5, 0.6) is 5.75 Å². The summed E-state index contributed by atoms with van der Waals surface area (Å²) in [5.41, 5.74) is 1.65. The molecule has 2 rings (SSSR count). The lowest BCUT2D eigenvalue weighted by molar-refractivity contribution is -0.149. The van der Waals surface area contributed by atoms with Crippen LogP contribution in [0.15, 0.2) is 47.0 Å². The molecule has 1 aliphatic heterocycles. The Kier molecular flexibility index (Phi) is 8.33. The summed E-state index contributed by atoms with van der Waals surface area (Å²) in [5, 5.41) is 1.15. The summed E-state index contributed by atoms with van der Waals surface area (Å²) < 4.78 is 15.1. The van der Waals surface area contributed by atoms with Crippen LogP contribution in [0.2, 0.25) is 0 Å². The van der Waals surface area contributed by atoms with E-state index in [0.717, 1.165) is 5.56 Å². The maximum atomic E-state index is 12.7. The molecule has 1 aliphatic rings. The zero-order valence-corrected chi connectivity index (χ0v) is 18.9. The minimum absolute atomic E-state index is 0.0689. The maximum absolute atomic E-state index is 12.7. The van der Waals surface area contributed by atoms with Crippen molar-refractivity contribution in [1.82, 2.24) is 4.90 Å². The molecule has 1 aromatic carbocycles. The van der Waals surface area contributed by atoms with Gasteiger partial charge in [0.1, 0.15) is 28.3 Å². The summed E-state index contributed by atoms with van der Waals surface area (Å²) in [6.45, 7) is 3.55. The van der Waals surface area contributed by atoms with Crippen molar-refractivity contribution in [3.8, 4) is 5.75 Å². The summed E-state index contributed by atoms with van der Waals surface area (Å²) in [5.74, 6) is -0.621. The van der Waals surface area contributed by atoms with Gasteiger partial charge in [-0.25, -0.2) is 9.59 Å². The number of benzene rings is 1. The van der Waals surface area contributed by atoms with Crippen LogP contribution in [-0.4, -0.2) is 47.2 Å². The van der Waals surface area contributed by atoms with E-state index in [0.29, 0.717) is 11.3 Å². The molecule has 2 atom stereocenters. The van der Waals surface area contributed by atoms with E-state index in [-0.39, 0.29) is 23.6 Å². The standard InChI is InChI=1S/C20H22BrNO6S/c1-12(2)17(20(25)28-11-13-5-7-14(26-3)8-6-13)22-18(24)16(21)19(22)29-10-9-15(23)27-4/h5-10,16,19H,11H2,1-4H3/b10-9+. The monoisotopic (exact) mass is 483 g/mol. The van der Waals surface area contributed by atoms with Crippen molar-refractivity contribution in [2.45, 2.75) is 30.7 Å². The number of hydrogen-bond donors (Lipinski definition) is 0. The predicted octanol–water partition coefficient (Wildman–Crippen LogP) is 3.38. The van der Waals surface area contributed by atoms with Crippen LogP contribution in [0.1, 0.15) is 19.4 Å². The number of β-lactam (4-membered cyclic amide) rings is 1. The van der Waals surface area contributed by atoms with E-state index in [1.807, 2.05) is 0 Å². The number of ether oxygens (including phenoxy) is 3. The van der Waals surface area contributed by atoms with Crippen LogP contribution in [0.3, 0.4) is 0 Å². The van der Waals surface area contributed by atoms with Gasteiger partial charge in [0, 0.05) is 6.08 Å². The Bertz CT molecular complexity index is 832. The number of allylic oxidation sites excluding steroid dienone is 1. The fourth-order valence-electron chi connectivity index (χ4n) is 2.52. The van der Waals surface area contributed by atoms with Crippen LogP contribution >= 0.6 is 27.7 Å². The highest BCUT2D eigenvalue weighted by Gasteiger charge is 2.49. The van der Waals surface area contributed by atoms with E-state index in [4.69, 9.17) is 9.47 Å². The quantitative estimate of drug-likeness (QED) is 0.242. The molecule has 0 radical (unpaired) electrons. The van der Waals surface area contributed by atoms with Gasteiger partial charge in [-0.3, -0.25) is 9.69 Å². The molecule has 0 bridgehead atoms. The highest BCUT2D eigenvalue weighted by atomic mass is 79.9. The highest BCUT2D eigenvalue weighted by Crippen LogP contribution is 2.39. The van der Waals surface area contributed by atoms with Gasteiger partial charge in [-0.1, -0.05) is 28.1 Å². The summed E-state index contributed by atoms with van der Waals surface area (Å²) >= 11 is 4.55. The van der Waals surface area contributed by atoms with Crippen molar-refractivity contribution in [3.05, 3.63) is 52.6 Å². The predicted molar refractivity (Wildman–Crippen MR) is 113 cm³/mol. The summed E-state index contributed by atoms with van der Waals surface area (Å²) in [6, 6.07) is 7.15. The molecule has 9 heteroatoms. The lowest BCUT2D eigenvalue weighted by atomic mass is 10.1. The average molecular weight is 484 g/mol. The van der Waals surface area contributed by atoms with Gasteiger partial charge in [0.25, 0.3) is 0 Å². The SMILES string of the molecule is COC(=O)/C=C/SC1C(Br)C(=O)N1C(C(=O)OCc1ccc(OC)cc1)=C(C)C. The molecule has 1 fully saturated rings.